The van der Waals surface area contributed by atoms with Gasteiger partial charge in [0, 0.05) is 6.04 Å². The van der Waals surface area contributed by atoms with Gasteiger partial charge in [-0.15, -0.1) is 0 Å². The van der Waals surface area contributed by atoms with E-state index in [0.29, 0.717) is 5.92 Å². The molecule has 23 heavy (non-hydrogen) atoms. The number of nitrogens with one attached hydrogen (secondary N) is 1. The summed E-state index contributed by atoms with van der Waals surface area (Å²) in [4.78, 5) is 23.7. The monoisotopic (exact) mass is 323 g/mol. The van der Waals surface area contributed by atoms with Crippen LogP contribution in [0.4, 0.5) is 4.39 Å². The maximum atomic E-state index is 13.5. The first kappa shape index (κ1) is 17.2. The number of carbonyl (C=O) groups is 2. The average Bonchev–Trinajstić information content (AvgIpc) is 2.54. The van der Waals surface area contributed by atoms with Gasteiger partial charge in [0.2, 0.25) is 0 Å². The molecule has 1 saturated carbocycles. The topological polar surface area (TPSA) is 64.6 Å². The highest BCUT2D eigenvalue weighted by atomic mass is 19.1. The first-order valence-corrected chi connectivity index (χ1v) is 7.81. The molecule has 0 heterocycles. The van der Waals surface area contributed by atoms with E-state index >= 15 is 0 Å². The molecule has 1 aromatic carbocycles. The van der Waals surface area contributed by atoms with Gasteiger partial charge < -0.3 is 14.8 Å². The molecule has 5 nitrogen and oxygen atoms in total. The number of rotatable bonds is 5. The number of hydrogen-bond donors (Lipinski definition) is 1. The molecule has 1 aliphatic carbocycles. The van der Waals surface area contributed by atoms with E-state index in [9.17, 15) is 14.0 Å². The van der Waals surface area contributed by atoms with Crippen LogP contribution in [0.3, 0.4) is 0 Å². The van der Waals surface area contributed by atoms with Gasteiger partial charge in [-0.3, -0.25) is 4.79 Å². The second-order valence-electron chi connectivity index (χ2n) is 5.86. The van der Waals surface area contributed by atoms with Gasteiger partial charge in [0.05, 0.1) is 12.7 Å². The minimum absolute atomic E-state index is 0.0436. The van der Waals surface area contributed by atoms with E-state index in [2.05, 4.69) is 12.2 Å². The van der Waals surface area contributed by atoms with Crippen molar-refractivity contribution in [3.8, 4) is 5.75 Å². The van der Waals surface area contributed by atoms with E-state index in [1.165, 1.54) is 25.7 Å². The largest absolute Gasteiger partial charge is 0.494 e. The summed E-state index contributed by atoms with van der Waals surface area (Å²) in [5, 5.41) is 2.89. The van der Waals surface area contributed by atoms with Gasteiger partial charge in [-0.05, 0) is 37.0 Å². The molecule has 0 aliphatic heterocycles. The quantitative estimate of drug-likeness (QED) is 0.846. The number of methoxy groups -OCH3 is 1. The number of amides is 1. The van der Waals surface area contributed by atoms with Crippen LogP contribution < -0.4 is 10.1 Å². The zero-order chi connectivity index (χ0) is 16.8. The van der Waals surface area contributed by atoms with E-state index in [1.807, 2.05) is 0 Å². The molecular formula is C17H22FNO4. The summed E-state index contributed by atoms with van der Waals surface area (Å²) >= 11 is 0. The molecule has 6 heteroatoms. The number of halogens is 1. The molecule has 0 bridgehead atoms. The summed E-state index contributed by atoms with van der Waals surface area (Å²) < 4.78 is 23.3. The maximum Gasteiger partial charge on any atom is 0.338 e. The van der Waals surface area contributed by atoms with Crippen molar-refractivity contribution >= 4 is 11.9 Å². The Morgan fingerprint density at radius 2 is 2.04 bits per heavy atom. The zero-order valence-electron chi connectivity index (χ0n) is 13.4. The van der Waals surface area contributed by atoms with E-state index in [0.717, 1.165) is 25.3 Å². The normalized spacial score (nSPS) is 20.7. The maximum absolute atomic E-state index is 13.5. The van der Waals surface area contributed by atoms with E-state index in [4.69, 9.17) is 9.47 Å². The summed E-state index contributed by atoms with van der Waals surface area (Å²) in [5.74, 6) is -1.24. The molecule has 0 spiro atoms. The summed E-state index contributed by atoms with van der Waals surface area (Å²) in [6, 6.07) is 3.90. The van der Waals surface area contributed by atoms with Crippen molar-refractivity contribution in [2.75, 3.05) is 13.7 Å². The number of ether oxygens (including phenoxy) is 2. The second kappa shape index (κ2) is 7.94. The molecule has 0 saturated heterocycles. The van der Waals surface area contributed by atoms with Crippen LogP contribution >= 0.6 is 0 Å². The molecule has 0 aromatic heterocycles. The van der Waals surface area contributed by atoms with Crippen LogP contribution in [0.1, 0.15) is 43.0 Å². The molecular weight excluding hydrogens is 301 g/mol. The lowest BCUT2D eigenvalue weighted by molar-refractivity contribution is -0.125. The fourth-order valence-corrected chi connectivity index (χ4v) is 2.79. The van der Waals surface area contributed by atoms with Crippen molar-refractivity contribution in [3.63, 3.8) is 0 Å². The van der Waals surface area contributed by atoms with E-state index in [-0.39, 0.29) is 29.9 Å². The van der Waals surface area contributed by atoms with Gasteiger partial charge in [-0.25, -0.2) is 9.18 Å². The van der Waals surface area contributed by atoms with Gasteiger partial charge >= 0.3 is 5.97 Å². The van der Waals surface area contributed by atoms with Crippen LogP contribution in [0.15, 0.2) is 18.2 Å². The van der Waals surface area contributed by atoms with Gasteiger partial charge in [-0.2, -0.15) is 0 Å². The van der Waals surface area contributed by atoms with Crippen LogP contribution in [0.25, 0.3) is 0 Å². The molecule has 0 radical (unpaired) electrons. The van der Waals surface area contributed by atoms with Crippen molar-refractivity contribution < 1.29 is 23.5 Å². The van der Waals surface area contributed by atoms with E-state index in [1.54, 1.807) is 0 Å². The molecule has 0 unspecified atom stereocenters. The average molecular weight is 323 g/mol. The Morgan fingerprint density at radius 3 is 2.70 bits per heavy atom. The standard InChI is InChI=1S/C17H22FNO4/c1-11-5-3-4-6-14(11)19-16(20)10-23-17(21)12-7-8-15(22-2)13(18)9-12/h7-9,11,14H,3-6,10H2,1-2H3,(H,19,20)/t11-,14-/m1/s1. The fourth-order valence-electron chi connectivity index (χ4n) is 2.79. The number of esters is 1. The highest BCUT2D eigenvalue weighted by Crippen LogP contribution is 2.23. The predicted molar refractivity (Wildman–Crippen MR) is 82.8 cm³/mol. The van der Waals surface area contributed by atoms with Gasteiger partial charge in [0.1, 0.15) is 0 Å². The Morgan fingerprint density at radius 1 is 1.30 bits per heavy atom. The Balaban J connectivity index is 1.83. The molecule has 2 atom stereocenters. The number of carbonyl (C=O) groups excluding carboxylic acids is 2. The van der Waals surface area contributed by atoms with Crippen LogP contribution in [0.5, 0.6) is 5.75 Å². The first-order chi connectivity index (χ1) is 11.0. The van der Waals surface area contributed by atoms with Crippen LogP contribution in [0, 0.1) is 11.7 Å². The van der Waals surface area contributed by atoms with Crippen LogP contribution in [-0.2, 0) is 9.53 Å². The fraction of sp³-hybridized carbons (Fsp3) is 0.529. The Labute approximate surface area is 135 Å². The summed E-state index contributed by atoms with van der Waals surface area (Å²) in [6.07, 6.45) is 4.33. The Bertz CT molecular complexity index is 576. The number of hydrogen-bond acceptors (Lipinski definition) is 4. The molecule has 2 rings (SSSR count). The molecule has 1 aliphatic rings. The van der Waals surface area contributed by atoms with E-state index < -0.39 is 11.8 Å². The van der Waals surface area contributed by atoms with Crippen molar-refractivity contribution in [1.29, 1.82) is 0 Å². The third-order valence-corrected chi connectivity index (χ3v) is 4.18. The molecule has 1 aromatic rings. The lowest BCUT2D eigenvalue weighted by Crippen LogP contribution is -2.42. The second-order valence-corrected chi connectivity index (χ2v) is 5.86. The zero-order valence-corrected chi connectivity index (χ0v) is 13.4. The molecule has 1 amide bonds. The number of benzene rings is 1. The van der Waals surface area contributed by atoms with Crippen LogP contribution in [-0.4, -0.2) is 31.6 Å². The minimum Gasteiger partial charge on any atom is -0.494 e. The van der Waals surface area contributed by atoms with Gasteiger partial charge in [0.15, 0.2) is 18.2 Å². The summed E-state index contributed by atoms with van der Waals surface area (Å²) in [5.41, 5.74) is 0.0436. The third kappa shape index (κ3) is 4.68. The molecule has 1 N–H and O–H groups in total. The van der Waals surface area contributed by atoms with Crippen LogP contribution in [0.2, 0.25) is 0 Å². The highest BCUT2D eigenvalue weighted by Gasteiger charge is 2.23. The summed E-state index contributed by atoms with van der Waals surface area (Å²) in [7, 11) is 1.34. The van der Waals surface area contributed by atoms with Crippen molar-refractivity contribution in [1.82, 2.24) is 5.32 Å². The first-order valence-electron chi connectivity index (χ1n) is 7.81. The van der Waals surface area contributed by atoms with Gasteiger partial charge in [-0.1, -0.05) is 19.8 Å². The SMILES string of the molecule is COc1ccc(C(=O)OCC(=O)N[C@@H]2CCCC[C@H]2C)cc1F. The minimum atomic E-state index is -0.738. The lowest BCUT2D eigenvalue weighted by atomic mass is 9.86. The van der Waals surface area contributed by atoms with Crippen molar-refractivity contribution in [3.05, 3.63) is 29.6 Å². The molecule has 126 valence electrons. The Hall–Kier alpha value is -2.11. The highest BCUT2D eigenvalue weighted by molar-refractivity contribution is 5.91. The lowest BCUT2D eigenvalue weighted by Gasteiger charge is -2.29. The van der Waals surface area contributed by atoms with Crippen molar-refractivity contribution in [2.45, 2.75) is 38.6 Å². The molecule has 1 fully saturated rings. The van der Waals surface area contributed by atoms with Gasteiger partial charge in [0.25, 0.3) is 5.91 Å². The predicted octanol–water partition coefficient (Wildman–Crippen LogP) is 2.69. The Kier molecular flexibility index (Phi) is 5.96. The van der Waals surface area contributed by atoms with Crippen molar-refractivity contribution in [2.24, 2.45) is 5.92 Å². The summed E-state index contributed by atoms with van der Waals surface area (Å²) in [6.45, 7) is 1.74. The third-order valence-electron chi connectivity index (χ3n) is 4.18. The smallest absolute Gasteiger partial charge is 0.338 e.